The van der Waals surface area contributed by atoms with Crippen molar-refractivity contribution in [3.63, 3.8) is 0 Å². The molecular weight excluding hydrogens is 283 g/mol. The van der Waals surface area contributed by atoms with Crippen molar-refractivity contribution in [2.24, 2.45) is 0 Å². The highest BCUT2D eigenvalue weighted by molar-refractivity contribution is 6.30. The smallest absolute Gasteiger partial charge is 0.417 e. The zero-order chi connectivity index (χ0) is 14.6. The van der Waals surface area contributed by atoms with Crippen molar-refractivity contribution < 1.29 is 23.0 Å². The zero-order valence-electron chi connectivity index (χ0n) is 10.5. The van der Waals surface area contributed by atoms with Gasteiger partial charge in [0.2, 0.25) is 0 Å². The van der Waals surface area contributed by atoms with Crippen molar-refractivity contribution in [3.8, 4) is 5.75 Å². The quantitative estimate of drug-likeness (QED) is 0.878. The van der Waals surface area contributed by atoms with Crippen LogP contribution in [0, 0.1) is 0 Å². The van der Waals surface area contributed by atoms with Gasteiger partial charge in [-0.15, -0.1) is 0 Å². The first kappa shape index (κ1) is 16.1. The Bertz CT molecular complexity index is 426. The Morgan fingerprint density at radius 3 is 2.58 bits per heavy atom. The van der Waals surface area contributed by atoms with E-state index in [4.69, 9.17) is 21.4 Å². The van der Waals surface area contributed by atoms with Crippen molar-refractivity contribution in [1.82, 2.24) is 5.32 Å². The van der Waals surface area contributed by atoms with Crippen LogP contribution in [-0.2, 0) is 0 Å². The maximum absolute atomic E-state index is 12.2. The van der Waals surface area contributed by atoms with Gasteiger partial charge in [0.05, 0.1) is 0 Å². The summed E-state index contributed by atoms with van der Waals surface area (Å²) in [6.07, 6.45) is -7.21. The van der Waals surface area contributed by atoms with Gasteiger partial charge in [-0.25, -0.2) is 0 Å². The molecule has 1 aromatic carbocycles. The van der Waals surface area contributed by atoms with Gasteiger partial charge in [0.25, 0.3) is 0 Å². The molecule has 2 atom stereocenters. The minimum Gasteiger partial charge on any atom is -0.490 e. The lowest BCUT2D eigenvalue weighted by Gasteiger charge is -2.19. The number of hydrogen-bond acceptors (Lipinski definition) is 3. The first-order valence-electron chi connectivity index (χ1n) is 5.60. The number of alkyl halides is 3. The molecule has 0 spiro atoms. The van der Waals surface area contributed by atoms with Gasteiger partial charge in [0.15, 0.2) is 6.10 Å². The molecule has 0 bridgehead atoms. The first-order chi connectivity index (χ1) is 8.75. The minimum atomic E-state index is -4.69. The summed E-state index contributed by atoms with van der Waals surface area (Å²) in [4.78, 5) is 0. The normalized spacial score (nSPS) is 15.1. The molecule has 7 heteroatoms. The highest BCUT2D eigenvalue weighted by Gasteiger charge is 2.38. The molecule has 2 unspecified atom stereocenters. The number of hydrogen-bond donors (Lipinski definition) is 2. The monoisotopic (exact) mass is 297 g/mol. The molecule has 3 nitrogen and oxygen atoms in total. The van der Waals surface area contributed by atoms with E-state index in [1.54, 1.807) is 13.1 Å². The van der Waals surface area contributed by atoms with Gasteiger partial charge in [-0.2, -0.15) is 13.2 Å². The van der Waals surface area contributed by atoms with Crippen molar-refractivity contribution in [2.45, 2.75) is 25.2 Å². The second-order valence-corrected chi connectivity index (χ2v) is 4.50. The van der Waals surface area contributed by atoms with Crippen LogP contribution in [0.4, 0.5) is 13.2 Å². The Balaban J connectivity index is 2.83. The van der Waals surface area contributed by atoms with Gasteiger partial charge in [-0.1, -0.05) is 11.6 Å². The summed E-state index contributed by atoms with van der Waals surface area (Å²) in [6, 6.07) is 4.46. The molecule has 108 valence electrons. The van der Waals surface area contributed by atoms with Crippen molar-refractivity contribution in [2.75, 3.05) is 13.7 Å². The molecule has 0 saturated carbocycles. The van der Waals surface area contributed by atoms with Crippen LogP contribution in [-0.4, -0.2) is 31.0 Å². The highest BCUT2D eigenvalue weighted by Crippen LogP contribution is 2.29. The van der Waals surface area contributed by atoms with Gasteiger partial charge in [0, 0.05) is 16.6 Å². The van der Waals surface area contributed by atoms with Crippen LogP contribution in [0.5, 0.6) is 5.75 Å². The van der Waals surface area contributed by atoms with Crippen LogP contribution in [0.15, 0.2) is 18.2 Å². The van der Waals surface area contributed by atoms with E-state index in [1.165, 1.54) is 12.1 Å². The Labute approximate surface area is 114 Å². The van der Waals surface area contributed by atoms with Gasteiger partial charge >= 0.3 is 6.18 Å². The number of nitrogens with one attached hydrogen (secondary N) is 1. The summed E-state index contributed by atoms with van der Waals surface area (Å²) in [6.45, 7) is 0.966. The third-order valence-corrected chi connectivity index (χ3v) is 2.88. The van der Waals surface area contributed by atoms with E-state index in [0.717, 1.165) is 0 Å². The molecule has 0 fully saturated rings. The molecule has 2 N–H and O–H groups in total. The molecular formula is C12H15ClF3NO2. The van der Waals surface area contributed by atoms with E-state index in [1.807, 2.05) is 6.92 Å². The topological polar surface area (TPSA) is 41.5 Å². The number of ether oxygens (including phenoxy) is 1. The Hall–Kier alpha value is -0.980. The van der Waals surface area contributed by atoms with Gasteiger partial charge in [0.1, 0.15) is 12.4 Å². The van der Waals surface area contributed by atoms with Crippen LogP contribution < -0.4 is 10.1 Å². The molecule has 0 aliphatic rings. The molecule has 0 radical (unpaired) electrons. The van der Waals surface area contributed by atoms with Crippen LogP contribution >= 0.6 is 11.6 Å². The van der Waals surface area contributed by atoms with E-state index in [-0.39, 0.29) is 11.8 Å². The summed E-state index contributed by atoms with van der Waals surface area (Å²) in [5.74, 6) is 0.259. The summed E-state index contributed by atoms with van der Waals surface area (Å²) >= 11 is 5.84. The molecule has 1 rings (SSSR count). The number of benzene rings is 1. The van der Waals surface area contributed by atoms with Crippen molar-refractivity contribution in [3.05, 3.63) is 28.8 Å². The predicted molar refractivity (Wildman–Crippen MR) is 66.5 cm³/mol. The maximum atomic E-state index is 12.2. The van der Waals surface area contributed by atoms with Crippen LogP contribution in [0.25, 0.3) is 0 Å². The average molecular weight is 298 g/mol. The molecule has 0 aromatic heterocycles. The molecule has 0 heterocycles. The summed E-state index contributed by atoms with van der Waals surface area (Å²) in [7, 11) is 1.71. The van der Waals surface area contributed by atoms with Crippen LogP contribution in [0.2, 0.25) is 5.02 Å². The number of rotatable bonds is 5. The predicted octanol–water partition coefficient (Wildman–Crippen LogP) is 2.92. The maximum Gasteiger partial charge on any atom is 0.417 e. The standard InChI is InChI=1S/C12H15ClF3NO2/c1-7(17-2)9-5-8(13)3-4-10(9)19-6-11(18)12(14,15)16/h3-5,7,11,17-18H,6H2,1-2H3. The molecule has 0 amide bonds. The SMILES string of the molecule is CNC(C)c1cc(Cl)ccc1OCC(O)C(F)(F)F. The van der Waals surface area contributed by atoms with Gasteiger partial charge < -0.3 is 15.2 Å². The fourth-order valence-electron chi connectivity index (χ4n) is 1.41. The molecule has 0 aliphatic carbocycles. The Morgan fingerprint density at radius 2 is 2.05 bits per heavy atom. The summed E-state index contributed by atoms with van der Waals surface area (Å²) in [5.41, 5.74) is 0.629. The number of aliphatic hydroxyl groups excluding tert-OH is 1. The molecule has 19 heavy (non-hydrogen) atoms. The van der Waals surface area contributed by atoms with E-state index in [9.17, 15) is 13.2 Å². The largest absolute Gasteiger partial charge is 0.490 e. The lowest BCUT2D eigenvalue weighted by Crippen LogP contribution is -2.34. The number of aliphatic hydroxyl groups is 1. The molecule has 1 aromatic rings. The van der Waals surface area contributed by atoms with Gasteiger partial charge in [-0.3, -0.25) is 0 Å². The molecule has 0 saturated heterocycles. The van der Waals surface area contributed by atoms with E-state index in [0.29, 0.717) is 10.6 Å². The van der Waals surface area contributed by atoms with Gasteiger partial charge in [-0.05, 0) is 32.2 Å². The van der Waals surface area contributed by atoms with E-state index >= 15 is 0 Å². The van der Waals surface area contributed by atoms with Crippen molar-refractivity contribution in [1.29, 1.82) is 0 Å². The van der Waals surface area contributed by atoms with Crippen LogP contribution in [0.1, 0.15) is 18.5 Å². The lowest BCUT2D eigenvalue weighted by molar-refractivity contribution is -0.210. The van der Waals surface area contributed by atoms with Crippen molar-refractivity contribution >= 4 is 11.6 Å². The summed E-state index contributed by atoms with van der Waals surface area (Å²) in [5, 5.41) is 12.3. The average Bonchev–Trinajstić information content (AvgIpc) is 2.34. The number of halogens is 4. The second kappa shape index (κ2) is 6.45. The first-order valence-corrected chi connectivity index (χ1v) is 5.97. The minimum absolute atomic E-state index is 0.142. The second-order valence-electron chi connectivity index (χ2n) is 4.06. The Morgan fingerprint density at radius 1 is 1.42 bits per heavy atom. The Kier molecular flexibility index (Phi) is 5.46. The fraction of sp³-hybridized carbons (Fsp3) is 0.500. The fourth-order valence-corrected chi connectivity index (χ4v) is 1.59. The third kappa shape index (κ3) is 4.56. The lowest BCUT2D eigenvalue weighted by atomic mass is 10.1. The van der Waals surface area contributed by atoms with E-state index < -0.39 is 18.9 Å². The van der Waals surface area contributed by atoms with Crippen LogP contribution in [0.3, 0.4) is 0 Å². The third-order valence-electron chi connectivity index (χ3n) is 2.65. The molecule has 0 aliphatic heterocycles. The van der Waals surface area contributed by atoms with E-state index in [2.05, 4.69) is 5.32 Å². The highest BCUT2D eigenvalue weighted by atomic mass is 35.5. The summed E-state index contributed by atoms with van der Waals surface area (Å²) < 4.78 is 41.6. The zero-order valence-corrected chi connectivity index (χ0v) is 11.2.